The minimum Gasteiger partial charge on any atom is -0.207 e. The van der Waals surface area contributed by atoms with E-state index in [0.717, 1.165) is 12.0 Å². The maximum absolute atomic E-state index is 12.8. The number of hydrogen-bond acceptors (Lipinski definition) is 2. The molecule has 0 heterocycles. The molecule has 0 saturated carbocycles. The van der Waals surface area contributed by atoms with Crippen LogP contribution in [0.15, 0.2) is 53.0 Å². The summed E-state index contributed by atoms with van der Waals surface area (Å²) in [5, 5.41) is 0. The van der Waals surface area contributed by atoms with Gasteiger partial charge in [0.15, 0.2) is 0 Å². The van der Waals surface area contributed by atoms with Crippen LogP contribution in [0.1, 0.15) is 12.0 Å². The normalized spacial score (nSPS) is 22.9. The topological polar surface area (TPSA) is 37.4 Å². The summed E-state index contributed by atoms with van der Waals surface area (Å²) >= 11 is 0. The number of allylic oxidation sites excluding steroid dienone is 3. The van der Waals surface area contributed by atoms with Crippen LogP contribution in [0.3, 0.4) is 0 Å². The molecule has 3 nitrogen and oxygen atoms in total. The van der Waals surface area contributed by atoms with Crippen molar-refractivity contribution in [2.24, 2.45) is 11.8 Å². The first-order chi connectivity index (χ1) is 10.5. The van der Waals surface area contributed by atoms with Gasteiger partial charge in [-0.3, -0.25) is 0 Å². The molecular weight excluding hydrogens is 294 g/mol. The van der Waals surface area contributed by atoms with Crippen LogP contribution >= 0.6 is 0 Å². The van der Waals surface area contributed by atoms with Gasteiger partial charge in [-0.2, -0.15) is 4.31 Å². The highest BCUT2D eigenvalue weighted by Gasteiger charge is 2.32. The third-order valence-corrected chi connectivity index (χ3v) is 6.11. The summed E-state index contributed by atoms with van der Waals surface area (Å²) < 4.78 is 27.0. The Balaban J connectivity index is 1.86. The first-order valence-electron chi connectivity index (χ1n) is 7.40. The molecule has 0 radical (unpaired) electrons. The third-order valence-electron chi connectivity index (χ3n) is 4.31. The van der Waals surface area contributed by atoms with E-state index < -0.39 is 10.0 Å². The molecule has 0 saturated heterocycles. The zero-order chi connectivity index (χ0) is 15.7. The summed E-state index contributed by atoms with van der Waals surface area (Å²) in [7, 11) is -3.56. The van der Waals surface area contributed by atoms with E-state index in [9.17, 15) is 8.42 Å². The first kappa shape index (κ1) is 15.1. The van der Waals surface area contributed by atoms with Crippen molar-refractivity contribution < 1.29 is 8.42 Å². The molecule has 0 N–H and O–H groups in total. The molecule has 0 aliphatic heterocycles. The van der Waals surface area contributed by atoms with Crippen molar-refractivity contribution in [1.82, 2.24) is 4.31 Å². The maximum Gasteiger partial charge on any atom is 0.244 e. The predicted octanol–water partition coefficient (Wildman–Crippen LogP) is 2.75. The molecule has 2 atom stereocenters. The van der Waals surface area contributed by atoms with Gasteiger partial charge >= 0.3 is 0 Å². The molecule has 0 amide bonds. The van der Waals surface area contributed by atoms with E-state index in [0.29, 0.717) is 23.3 Å². The Labute approximate surface area is 132 Å². The summed E-state index contributed by atoms with van der Waals surface area (Å²) in [4.78, 5) is 0.299. The molecule has 4 heteroatoms. The van der Waals surface area contributed by atoms with E-state index in [-0.39, 0.29) is 6.54 Å². The number of nitrogens with zero attached hydrogens (tertiary/aromatic N) is 1. The van der Waals surface area contributed by atoms with Crippen molar-refractivity contribution in [1.29, 1.82) is 0 Å². The molecule has 0 spiro atoms. The molecule has 1 aromatic rings. The average molecular weight is 313 g/mol. The Morgan fingerprint density at radius 3 is 2.55 bits per heavy atom. The van der Waals surface area contributed by atoms with Gasteiger partial charge in [0.25, 0.3) is 0 Å². The van der Waals surface area contributed by atoms with Crippen molar-refractivity contribution in [3.8, 4) is 12.3 Å². The van der Waals surface area contributed by atoms with Crippen molar-refractivity contribution in [2.75, 3.05) is 13.1 Å². The average Bonchev–Trinajstić information content (AvgIpc) is 3.10. The fourth-order valence-electron chi connectivity index (χ4n) is 3.08. The zero-order valence-electron chi connectivity index (χ0n) is 12.6. The van der Waals surface area contributed by atoms with Crippen LogP contribution in [0.5, 0.6) is 0 Å². The first-order valence-corrected chi connectivity index (χ1v) is 8.84. The van der Waals surface area contributed by atoms with E-state index >= 15 is 0 Å². The van der Waals surface area contributed by atoms with Crippen molar-refractivity contribution in [3.05, 3.63) is 53.6 Å². The standard InChI is InChI=1S/C18H19NO2S/c1-3-10-19(13-17-12-15-6-7-16(17)11-15)22(20,21)18-8-4-14(2)5-9-18/h1,4-9,12,15-16H,10-11,13H2,2H3. The fraction of sp³-hybridized carbons (Fsp3) is 0.333. The van der Waals surface area contributed by atoms with E-state index in [4.69, 9.17) is 6.42 Å². The molecule has 114 valence electrons. The Hall–Kier alpha value is -1.83. The highest BCUT2D eigenvalue weighted by atomic mass is 32.2. The Morgan fingerprint density at radius 1 is 1.27 bits per heavy atom. The van der Waals surface area contributed by atoms with Crippen molar-refractivity contribution in [2.45, 2.75) is 18.2 Å². The van der Waals surface area contributed by atoms with Gasteiger partial charge in [-0.15, -0.1) is 6.42 Å². The molecule has 0 aromatic heterocycles. The number of fused-ring (bicyclic) bond motifs is 2. The molecule has 3 rings (SSSR count). The van der Waals surface area contributed by atoms with Crippen LogP contribution in [0.2, 0.25) is 0 Å². The predicted molar refractivity (Wildman–Crippen MR) is 87.6 cm³/mol. The summed E-state index contributed by atoms with van der Waals surface area (Å²) in [5.41, 5.74) is 2.20. The van der Waals surface area contributed by atoms with E-state index in [2.05, 4.69) is 24.1 Å². The number of rotatable bonds is 5. The third kappa shape index (κ3) is 2.75. The lowest BCUT2D eigenvalue weighted by atomic mass is 10.0. The second-order valence-electron chi connectivity index (χ2n) is 5.92. The van der Waals surface area contributed by atoms with E-state index in [1.54, 1.807) is 24.3 Å². The second kappa shape index (κ2) is 5.75. The number of hydrogen-bond donors (Lipinski definition) is 0. The highest BCUT2D eigenvalue weighted by molar-refractivity contribution is 7.89. The summed E-state index contributed by atoms with van der Waals surface area (Å²) in [6.07, 6.45) is 13.0. The van der Waals surface area contributed by atoms with Gasteiger partial charge in [-0.1, -0.05) is 47.4 Å². The molecule has 1 aromatic carbocycles. The molecule has 0 fully saturated rings. The lowest BCUT2D eigenvalue weighted by Gasteiger charge is -2.22. The number of benzene rings is 1. The van der Waals surface area contributed by atoms with Gasteiger partial charge in [0.2, 0.25) is 10.0 Å². The van der Waals surface area contributed by atoms with E-state index in [1.165, 1.54) is 9.88 Å². The van der Waals surface area contributed by atoms with Gasteiger partial charge in [0, 0.05) is 6.54 Å². The fourth-order valence-corrected chi connectivity index (χ4v) is 4.43. The lowest BCUT2D eigenvalue weighted by molar-refractivity contribution is 0.462. The van der Waals surface area contributed by atoms with Gasteiger partial charge in [-0.05, 0) is 37.3 Å². The second-order valence-corrected chi connectivity index (χ2v) is 7.86. The molecule has 2 aliphatic rings. The van der Waals surface area contributed by atoms with Gasteiger partial charge in [-0.25, -0.2) is 8.42 Å². The Morgan fingerprint density at radius 2 is 2.00 bits per heavy atom. The highest BCUT2D eigenvalue weighted by Crippen LogP contribution is 2.38. The van der Waals surface area contributed by atoms with Crippen LogP contribution in [-0.4, -0.2) is 25.8 Å². The van der Waals surface area contributed by atoms with Crippen LogP contribution in [-0.2, 0) is 10.0 Å². The Kier molecular flexibility index (Phi) is 3.94. The Bertz CT molecular complexity index is 766. The minimum atomic E-state index is -3.56. The molecule has 22 heavy (non-hydrogen) atoms. The summed E-state index contributed by atoms with van der Waals surface area (Å²) in [5.74, 6) is 3.32. The molecule has 2 bridgehead atoms. The smallest absolute Gasteiger partial charge is 0.207 e. The molecular formula is C18H19NO2S. The van der Waals surface area contributed by atoms with Crippen LogP contribution in [0, 0.1) is 31.1 Å². The zero-order valence-corrected chi connectivity index (χ0v) is 13.4. The van der Waals surface area contributed by atoms with Gasteiger partial charge in [0.05, 0.1) is 11.4 Å². The molecule has 2 unspecified atom stereocenters. The number of terminal acetylenes is 1. The van der Waals surface area contributed by atoms with Gasteiger partial charge < -0.3 is 0 Å². The van der Waals surface area contributed by atoms with E-state index in [1.807, 2.05) is 6.92 Å². The number of sulfonamides is 1. The minimum absolute atomic E-state index is 0.0919. The summed E-state index contributed by atoms with van der Waals surface area (Å²) in [6, 6.07) is 6.90. The quantitative estimate of drug-likeness (QED) is 0.619. The number of aryl methyl sites for hydroxylation is 1. The monoisotopic (exact) mass is 313 g/mol. The summed E-state index contributed by atoms with van der Waals surface area (Å²) in [6.45, 7) is 2.41. The lowest BCUT2D eigenvalue weighted by Crippen LogP contribution is -2.34. The van der Waals surface area contributed by atoms with Gasteiger partial charge in [0.1, 0.15) is 0 Å². The molecule has 2 aliphatic carbocycles. The van der Waals surface area contributed by atoms with Crippen molar-refractivity contribution in [3.63, 3.8) is 0 Å². The SMILES string of the molecule is C#CCN(CC1=CC2C=CC1C2)S(=O)(=O)c1ccc(C)cc1. The van der Waals surface area contributed by atoms with Crippen LogP contribution < -0.4 is 0 Å². The van der Waals surface area contributed by atoms with Crippen LogP contribution in [0.25, 0.3) is 0 Å². The largest absolute Gasteiger partial charge is 0.244 e. The maximum atomic E-state index is 12.8. The van der Waals surface area contributed by atoms with Crippen molar-refractivity contribution >= 4 is 10.0 Å². The van der Waals surface area contributed by atoms with Crippen LogP contribution in [0.4, 0.5) is 0 Å².